The third kappa shape index (κ3) is 3.88. The summed E-state index contributed by atoms with van der Waals surface area (Å²) in [7, 11) is 0. The fourth-order valence-electron chi connectivity index (χ4n) is 1.03. The van der Waals surface area contributed by atoms with E-state index >= 15 is 0 Å². The minimum Gasteiger partial charge on any atom is -0.335 e. The third-order valence-electron chi connectivity index (χ3n) is 1.78. The molecule has 0 aliphatic heterocycles. The number of nitriles is 1. The predicted octanol–water partition coefficient (Wildman–Crippen LogP) is 2.33. The molecule has 0 aromatic heterocycles. The summed E-state index contributed by atoms with van der Waals surface area (Å²) in [6, 6.07) is 4.73. The van der Waals surface area contributed by atoms with Gasteiger partial charge in [0.15, 0.2) is 0 Å². The van der Waals surface area contributed by atoms with E-state index in [0.717, 1.165) is 0 Å². The number of nitrogens with zero attached hydrogens (tertiary/aromatic N) is 1. The van der Waals surface area contributed by atoms with E-state index in [-0.39, 0.29) is 22.3 Å². The number of rotatable bonds is 2. The van der Waals surface area contributed by atoms with Crippen LogP contribution in [0.25, 0.3) is 0 Å². The molecule has 1 aromatic rings. The van der Waals surface area contributed by atoms with Crippen molar-refractivity contribution in [3.8, 4) is 6.07 Å². The molecule has 0 aliphatic carbocycles. The first-order valence-corrected chi connectivity index (χ1v) is 6.11. The van der Waals surface area contributed by atoms with Gasteiger partial charge in [0.1, 0.15) is 6.54 Å². The van der Waals surface area contributed by atoms with Crippen molar-refractivity contribution in [2.24, 2.45) is 0 Å². The number of anilines is 1. The van der Waals surface area contributed by atoms with Crippen molar-refractivity contribution in [3.63, 3.8) is 0 Å². The van der Waals surface area contributed by atoms with E-state index < -0.39 is 11.8 Å². The molecule has 2 amide bonds. The lowest BCUT2D eigenvalue weighted by Gasteiger charge is -2.09. The number of halogens is 3. The van der Waals surface area contributed by atoms with Gasteiger partial charge in [-0.15, -0.1) is 0 Å². The van der Waals surface area contributed by atoms with Gasteiger partial charge in [0.25, 0.3) is 0 Å². The minimum atomic E-state index is -0.948. The molecule has 94 valence electrons. The highest BCUT2D eigenvalue weighted by Crippen LogP contribution is 2.33. The van der Waals surface area contributed by atoms with Crippen molar-refractivity contribution in [1.29, 1.82) is 5.26 Å². The molecule has 0 heterocycles. The summed E-state index contributed by atoms with van der Waals surface area (Å²) < 4.78 is 0.643. The van der Waals surface area contributed by atoms with Crippen molar-refractivity contribution in [1.82, 2.24) is 5.32 Å². The molecule has 0 saturated heterocycles. The van der Waals surface area contributed by atoms with Crippen LogP contribution in [0.2, 0.25) is 10.0 Å². The Kier molecular flexibility index (Phi) is 5.41. The van der Waals surface area contributed by atoms with Crippen LogP contribution in [0.15, 0.2) is 16.6 Å². The molecule has 8 heteroatoms. The van der Waals surface area contributed by atoms with Crippen molar-refractivity contribution in [3.05, 3.63) is 26.7 Å². The number of benzene rings is 1. The topological polar surface area (TPSA) is 82.0 Å². The van der Waals surface area contributed by atoms with Gasteiger partial charge < -0.3 is 10.6 Å². The molecule has 0 atom stereocenters. The van der Waals surface area contributed by atoms with Crippen molar-refractivity contribution in [2.45, 2.75) is 0 Å². The largest absolute Gasteiger partial charge is 0.335 e. The number of hydrogen-bond acceptors (Lipinski definition) is 3. The van der Waals surface area contributed by atoms with Crippen LogP contribution in [0.3, 0.4) is 0 Å². The number of nitrogens with one attached hydrogen (secondary N) is 2. The molecule has 0 radical (unpaired) electrons. The molecule has 0 saturated carbocycles. The summed E-state index contributed by atoms with van der Waals surface area (Å²) in [4.78, 5) is 22.7. The van der Waals surface area contributed by atoms with Gasteiger partial charge in [0.05, 0.1) is 21.8 Å². The molecule has 0 aliphatic rings. The second kappa shape index (κ2) is 6.59. The zero-order valence-corrected chi connectivity index (χ0v) is 11.9. The van der Waals surface area contributed by atoms with Crippen LogP contribution in [-0.2, 0) is 9.59 Å². The van der Waals surface area contributed by atoms with Gasteiger partial charge >= 0.3 is 11.8 Å². The Hall–Kier alpha value is -1.29. The summed E-state index contributed by atoms with van der Waals surface area (Å²) in [5, 5.41) is 13.0. The second-order valence-corrected chi connectivity index (χ2v) is 4.77. The first-order valence-electron chi connectivity index (χ1n) is 4.56. The quantitative estimate of drug-likeness (QED) is 0.634. The van der Waals surface area contributed by atoms with Gasteiger partial charge in [-0.2, -0.15) is 5.26 Å². The zero-order chi connectivity index (χ0) is 13.7. The first-order chi connectivity index (χ1) is 8.45. The molecule has 5 nitrogen and oxygen atoms in total. The minimum absolute atomic E-state index is 0.138. The van der Waals surface area contributed by atoms with Crippen molar-refractivity contribution in [2.75, 3.05) is 11.9 Å². The zero-order valence-electron chi connectivity index (χ0n) is 8.76. The Morgan fingerprint density at radius 1 is 1.28 bits per heavy atom. The normalized spacial score (nSPS) is 9.44. The van der Waals surface area contributed by atoms with Crippen LogP contribution < -0.4 is 10.6 Å². The van der Waals surface area contributed by atoms with E-state index in [1.54, 1.807) is 6.07 Å². The molecule has 1 aromatic carbocycles. The van der Waals surface area contributed by atoms with Crippen LogP contribution in [0.4, 0.5) is 5.69 Å². The Labute approximate surface area is 121 Å². The summed E-state index contributed by atoms with van der Waals surface area (Å²) in [6.45, 7) is -0.256. The van der Waals surface area contributed by atoms with E-state index in [1.165, 1.54) is 12.1 Å². The molecular formula is C10H6BrCl2N3O2. The standard InChI is InChI=1S/C10H6BrCl2N3O2/c11-5-3-6(12)8(7(13)4-5)16-10(18)9(17)15-2-1-14/h3-4H,2H2,(H,15,17)(H,16,18). The van der Waals surface area contributed by atoms with Gasteiger partial charge in [-0.25, -0.2) is 0 Å². The predicted molar refractivity (Wildman–Crippen MR) is 71.4 cm³/mol. The molecule has 0 spiro atoms. The van der Waals surface area contributed by atoms with E-state index in [9.17, 15) is 9.59 Å². The molecule has 0 fully saturated rings. The average Bonchev–Trinajstić information content (AvgIpc) is 2.30. The van der Waals surface area contributed by atoms with E-state index in [4.69, 9.17) is 28.5 Å². The SMILES string of the molecule is N#CCNC(=O)C(=O)Nc1c(Cl)cc(Br)cc1Cl. The maximum absolute atomic E-state index is 11.4. The van der Waals surface area contributed by atoms with Gasteiger partial charge in [0, 0.05) is 4.47 Å². The fraction of sp³-hybridized carbons (Fsp3) is 0.100. The maximum atomic E-state index is 11.4. The van der Waals surface area contributed by atoms with Gasteiger partial charge in [-0.3, -0.25) is 9.59 Å². The number of amides is 2. The molecule has 18 heavy (non-hydrogen) atoms. The molecular weight excluding hydrogens is 345 g/mol. The first kappa shape index (κ1) is 14.8. The summed E-state index contributed by atoms with van der Waals surface area (Å²) in [5.41, 5.74) is 0.138. The Morgan fingerprint density at radius 3 is 2.33 bits per heavy atom. The number of hydrogen-bond donors (Lipinski definition) is 2. The highest BCUT2D eigenvalue weighted by Gasteiger charge is 2.16. The van der Waals surface area contributed by atoms with Gasteiger partial charge in [-0.1, -0.05) is 39.1 Å². The lowest BCUT2D eigenvalue weighted by Crippen LogP contribution is -2.35. The smallest absolute Gasteiger partial charge is 0.313 e. The molecule has 0 unspecified atom stereocenters. The van der Waals surface area contributed by atoms with Crippen molar-refractivity contribution < 1.29 is 9.59 Å². The highest BCUT2D eigenvalue weighted by atomic mass is 79.9. The van der Waals surface area contributed by atoms with Crippen LogP contribution in [0.1, 0.15) is 0 Å². The summed E-state index contributed by atoms with van der Waals surface area (Å²) in [6.07, 6.45) is 0. The van der Waals surface area contributed by atoms with Crippen LogP contribution in [0.5, 0.6) is 0 Å². The monoisotopic (exact) mass is 349 g/mol. The summed E-state index contributed by atoms with van der Waals surface area (Å²) in [5.74, 6) is -1.89. The fourth-order valence-corrected chi connectivity index (χ4v) is 2.33. The average molecular weight is 351 g/mol. The van der Waals surface area contributed by atoms with E-state index in [1.807, 2.05) is 0 Å². The molecule has 2 N–H and O–H groups in total. The Bertz CT molecular complexity index is 519. The van der Waals surface area contributed by atoms with E-state index in [2.05, 4.69) is 26.6 Å². The van der Waals surface area contributed by atoms with Crippen LogP contribution in [0, 0.1) is 11.3 Å². The van der Waals surface area contributed by atoms with Crippen LogP contribution in [-0.4, -0.2) is 18.4 Å². The van der Waals surface area contributed by atoms with Gasteiger partial charge in [0.2, 0.25) is 0 Å². The Balaban J connectivity index is 2.83. The lowest BCUT2D eigenvalue weighted by molar-refractivity contribution is -0.136. The van der Waals surface area contributed by atoms with E-state index in [0.29, 0.717) is 4.47 Å². The van der Waals surface area contributed by atoms with Crippen LogP contribution >= 0.6 is 39.1 Å². The Morgan fingerprint density at radius 2 is 1.83 bits per heavy atom. The highest BCUT2D eigenvalue weighted by molar-refractivity contribution is 9.10. The number of carbonyl (C=O) groups excluding carboxylic acids is 2. The second-order valence-electron chi connectivity index (χ2n) is 3.04. The lowest BCUT2D eigenvalue weighted by atomic mass is 10.3. The third-order valence-corrected chi connectivity index (χ3v) is 2.83. The van der Waals surface area contributed by atoms with Gasteiger partial charge in [-0.05, 0) is 12.1 Å². The maximum Gasteiger partial charge on any atom is 0.313 e. The molecule has 1 rings (SSSR count). The molecule has 0 bridgehead atoms. The van der Waals surface area contributed by atoms with Crippen molar-refractivity contribution >= 4 is 56.6 Å². The number of carbonyl (C=O) groups is 2. The summed E-state index contributed by atoms with van der Waals surface area (Å²) >= 11 is 14.9.